The van der Waals surface area contributed by atoms with Crippen LogP contribution in [-0.2, 0) is 23.7 Å². The average Bonchev–Trinajstić information content (AvgIpc) is 2.57. The minimum absolute atomic E-state index is 0.0735. The van der Waals surface area contributed by atoms with Crippen LogP contribution in [0.3, 0.4) is 0 Å². The maximum Gasteiger partial charge on any atom is 0.115 e. The molecule has 5 heteroatoms. The van der Waals surface area contributed by atoms with Crippen LogP contribution in [0.4, 0.5) is 0 Å². The molecule has 2 heterocycles. The maximum absolute atomic E-state index is 6.14. The van der Waals surface area contributed by atoms with Crippen molar-refractivity contribution >= 4 is 0 Å². The first-order chi connectivity index (χ1) is 9.51. The molecular formula is C15H28O5. The molecule has 2 fully saturated rings. The van der Waals surface area contributed by atoms with Crippen molar-refractivity contribution in [1.82, 2.24) is 0 Å². The minimum atomic E-state index is -0.0877. The molecule has 0 radical (unpaired) electrons. The van der Waals surface area contributed by atoms with E-state index in [-0.39, 0.29) is 42.7 Å². The summed E-state index contributed by atoms with van der Waals surface area (Å²) in [6.07, 6.45) is 1.11. The Morgan fingerprint density at radius 1 is 0.950 bits per heavy atom. The smallest absolute Gasteiger partial charge is 0.115 e. The molecule has 0 aromatic rings. The summed E-state index contributed by atoms with van der Waals surface area (Å²) in [7, 11) is 1.68. The molecule has 2 saturated heterocycles. The largest absolute Gasteiger partial charge is 0.382 e. The van der Waals surface area contributed by atoms with E-state index in [2.05, 4.69) is 13.8 Å². The highest BCUT2D eigenvalue weighted by molar-refractivity contribution is 4.95. The fraction of sp³-hybridized carbons (Fsp3) is 1.00. The Kier molecular flexibility index (Phi) is 5.81. The van der Waals surface area contributed by atoms with Crippen LogP contribution in [0, 0.1) is 0 Å². The second-order valence-corrected chi connectivity index (χ2v) is 6.11. The van der Waals surface area contributed by atoms with Gasteiger partial charge >= 0.3 is 0 Å². The molecule has 0 bridgehead atoms. The Morgan fingerprint density at radius 3 is 2.00 bits per heavy atom. The van der Waals surface area contributed by atoms with Gasteiger partial charge in [0.1, 0.15) is 24.4 Å². The number of methoxy groups -OCH3 is 1. The standard InChI is InChI=1S/C15H28O5/c1-9(2)17-8-13-15-14(12(20-13)7-16-5)18-10(3)6-11(4)19-15/h9-15H,6-8H2,1-5H3. The lowest BCUT2D eigenvalue weighted by Gasteiger charge is -2.24. The molecule has 5 nitrogen and oxygen atoms in total. The Morgan fingerprint density at radius 2 is 1.50 bits per heavy atom. The van der Waals surface area contributed by atoms with Crippen LogP contribution in [-0.4, -0.2) is 63.1 Å². The first-order valence-corrected chi connectivity index (χ1v) is 7.58. The van der Waals surface area contributed by atoms with Crippen molar-refractivity contribution in [3.63, 3.8) is 0 Å². The van der Waals surface area contributed by atoms with E-state index in [0.717, 1.165) is 6.42 Å². The van der Waals surface area contributed by atoms with Crippen LogP contribution in [0.2, 0.25) is 0 Å². The second-order valence-electron chi connectivity index (χ2n) is 6.11. The van der Waals surface area contributed by atoms with Crippen molar-refractivity contribution in [3.8, 4) is 0 Å². The van der Waals surface area contributed by atoms with Gasteiger partial charge in [0.05, 0.1) is 31.5 Å². The van der Waals surface area contributed by atoms with Crippen LogP contribution in [0.15, 0.2) is 0 Å². The Bertz CT molecular complexity index is 296. The summed E-state index contributed by atoms with van der Waals surface area (Å²) >= 11 is 0. The first-order valence-electron chi connectivity index (χ1n) is 7.58. The lowest BCUT2D eigenvalue weighted by atomic mass is 10.1. The molecule has 20 heavy (non-hydrogen) atoms. The van der Waals surface area contributed by atoms with Gasteiger partial charge in [0.15, 0.2) is 0 Å². The van der Waals surface area contributed by atoms with Crippen molar-refractivity contribution in [2.45, 2.75) is 76.8 Å². The molecule has 0 saturated carbocycles. The van der Waals surface area contributed by atoms with E-state index < -0.39 is 0 Å². The van der Waals surface area contributed by atoms with E-state index in [4.69, 9.17) is 23.7 Å². The highest BCUT2D eigenvalue weighted by Crippen LogP contribution is 2.32. The van der Waals surface area contributed by atoms with Crippen LogP contribution in [0.25, 0.3) is 0 Å². The Balaban J connectivity index is 2.06. The summed E-state index contributed by atoms with van der Waals surface area (Å²) in [6.45, 7) is 9.27. The molecule has 0 aromatic carbocycles. The molecule has 0 N–H and O–H groups in total. The summed E-state index contributed by atoms with van der Waals surface area (Å²) in [5.41, 5.74) is 0. The molecule has 0 aromatic heterocycles. The lowest BCUT2D eigenvalue weighted by molar-refractivity contribution is -0.0964. The minimum Gasteiger partial charge on any atom is -0.382 e. The number of rotatable bonds is 5. The van der Waals surface area contributed by atoms with Crippen molar-refractivity contribution in [1.29, 1.82) is 0 Å². The highest BCUT2D eigenvalue weighted by Gasteiger charge is 2.49. The Hall–Kier alpha value is -0.200. The number of fused-ring (bicyclic) bond motifs is 1. The number of hydrogen-bond acceptors (Lipinski definition) is 5. The van der Waals surface area contributed by atoms with E-state index in [0.29, 0.717) is 13.2 Å². The maximum atomic E-state index is 6.14. The third-order valence-corrected chi connectivity index (χ3v) is 3.77. The van der Waals surface area contributed by atoms with Crippen LogP contribution >= 0.6 is 0 Å². The van der Waals surface area contributed by atoms with E-state index in [1.54, 1.807) is 7.11 Å². The average molecular weight is 288 g/mol. The zero-order valence-corrected chi connectivity index (χ0v) is 13.2. The molecule has 6 unspecified atom stereocenters. The number of hydrogen-bond donors (Lipinski definition) is 0. The summed E-state index contributed by atoms with van der Waals surface area (Å²) in [5, 5.41) is 0. The summed E-state index contributed by atoms with van der Waals surface area (Å²) in [5.74, 6) is 0. The molecule has 0 aliphatic carbocycles. The highest BCUT2D eigenvalue weighted by atomic mass is 16.6. The third-order valence-electron chi connectivity index (χ3n) is 3.77. The second kappa shape index (κ2) is 7.18. The third kappa shape index (κ3) is 3.92. The molecule has 0 spiro atoms. The predicted octanol–water partition coefficient (Wildman–Crippen LogP) is 1.78. The molecule has 2 rings (SSSR count). The van der Waals surface area contributed by atoms with Gasteiger partial charge in [0.25, 0.3) is 0 Å². The lowest BCUT2D eigenvalue weighted by Crippen LogP contribution is -2.40. The van der Waals surface area contributed by atoms with Gasteiger partial charge < -0.3 is 23.7 Å². The molecule has 2 aliphatic heterocycles. The zero-order chi connectivity index (χ0) is 14.7. The molecule has 0 amide bonds. The van der Waals surface area contributed by atoms with Gasteiger partial charge in [-0.3, -0.25) is 0 Å². The summed E-state index contributed by atoms with van der Waals surface area (Å²) in [6, 6.07) is 0. The Labute approximate surface area is 121 Å². The van der Waals surface area contributed by atoms with Crippen molar-refractivity contribution in [3.05, 3.63) is 0 Å². The van der Waals surface area contributed by atoms with Crippen LogP contribution in [0.1, 0.15) is 34.1 Å². The quantitative estimate of drug-likeness (QED) is 0.771. The fourth-order valence-corrected chi connectivity index (χ4v) is 2.97. The van der Waals surface area contributed by atoms with Gasteiger partial charge in [0.2, 0.25) is 0 Å². The van der Waals surface area contributed by atoms with Crippen molar-refractivity contribution < 1.29 is 23.7 Å². The van der Waals surface area contributed by atoms with Crippen LogP contribution < -0.4 is 0 Å². The van der Waals surface area contributed by atoms with E-state index in [1.807, 2.05) is 13.8 Å². The monoisotopic (exact) mass is 288 g/mol. The molecule has 118 valence electrons. The van der Waals surface area contributed by atoms with E-state index in [1.165, 1.54) is 0 Å². The van der Waals surface area contributed by atoms with Crippen molar-refractivity contribution in [2.24, 2.45) is 0 Å². The number of ether oxygens (including phenoxy) is 5. The normalized spacial score (nSPS) is 41.7. The van der Waals surface area contributed by atoms with Gasteiger partial charge in [0, 0.05) is 7.11 Å². The molecular weight excluding hydrogens is 260 g/mol. The van der Waals surface area contributed by atoms with Gasteiger partial charge in [-0.2, -0.15) is 0 Å². The van der Waals surface area contributed by atoms with Gasteiger partial charge in [-0.1, -0.05) is 0 Å². The molecule has 6 atom stereocenters. The first kappa shape index (κ1) is 16.2. The topological polar surface area (TPSA) is 46.2 Å². The summed E-state index contributed by atoms with van der Waals surface area (Å²) < 4.78 is 29.3. The van der Waals surface area contributed by atoms with Gasteiger partial charge in [-0.25, -0.2) is 0 Å². The SMILES string of the molecule is COCC1OC(COC(C)C)C2OC(C)CC(C)OC12. The van der Waals surface area contributed by atoms with Crippen molar-refractivity contribution in [2.75, 3.05) is 20.3 Å². The van der Waals surface area contributed by atoms with Crippen LogP contribution in [0.5, 0.6) is 0 Å². The van der Waals surface area contributed by atoms with Gasteiger partial charge in [-0.05, 0) is 34.1 Å². The fourth-order valence-electron chi connectivity index (χ4n) is 2.97. The zero-order valence-electron chi connectivity index (χ0n) is 13.2. The predicted molar refractivity (Wildman–Crippen MR) is 74.9 cm³/mol. The van der Waals surface area contributed by atoms with E-state index in [9.17, 15) is 0 Å². The molecule has 2 aliphatic rings. The van der Waals surface area contributed by atoms with E-state index >= 15 is 0 Å². The van der Waals surface area contributed by atoms with Gasteiger partial charge in [-0.15, -0.1) is 0 Å². The summed E-state index contributed by atoms with van der Waals surface area (Å²) in [4.78, 5) is 0.